The number of rotatable bonds is 6. The van der Waals surface area contributed by atoms with Crippen LogP contribution in [0.15, 0.2) is 50.5 Å². The average Bonchev–Trinajstić information content (AvgIpc) is 3.26. The predicted octanol–water partition coefficient (Wildman–Crippen LogP) is 6.06. The van der Waals surface area contributed by atoms with Crippen molar-refractivity contribution in [1.29, 1.82) is 5.41 Å². The average molecular weight is 498 g/mol. The van der Waals surface area contributed by atoms with E-state index in [0.29, 0.717) is 5.17 Å². The molecule has 4 rings (SSSR count). The number of benzene rings is 1. The number of aliphatic imine (C=N–C) groups is 1. The Bertz CT molecular complexity index is 1140. The Kier molecular flexibility index (Phi) is 6.29. The summed E-state index contributed by atoms with van der Waals surface area (Å²) in [5.41, 5.74) is 4.26. The number of aryl methyl sites for hydroxylation is 1. The van der Waals surface area contributed by atoms with Crippen molar-refractivity contribution in [2.75, 3.05) is 0 Å². The van der Waals surface area contributed by atoms with Gasteiger partial charge in [0.1, 0.15) is 5.04 Å². The van der Waals surface area contributed by atoms with E-state index in [4.69, 9.17) is 5.41 Å². The minimum Gasteiger partial charge on any atom is -0.318 e. The maximum atomic E-state index is 12.7. The van der Waals surface area contributed by atoms with E-state index in [1.165, 1.54) is 16.8 Å². The second-order valence-corrected chi connectivity index (χ2v) is 9.57. The van der Waals surface area contributed by atoms with E-state index in [2.05, 4.69) is 37.5 Å². The van der Waals surface area contributed by atoms with Gasteiger partial charge >= 0.3 is 0 Å². The summed E-state index contributed by atoms with van der Waals surface area (Å²) < 4.78 is 3.16. The van der Waals surface area contributed by atoms with Crippen LogP contribution in [0.4, 0.5) is 0 Å². The molecule has 1 amide bonds. The largest absolute Gasteiger partial charge is 0.318 e. The van der Waals surface area contributed by atoms with Crippen LogP contribution in [-0.2, 0) is 4.79 Å². The first-order valence-corrected chi connectivity index (χ1v) is 11.9. The number of hydrazone groups is 1. The van der Waals surface area contributed by atoms with E-state index in [1.807, 2.05) is 44.2 Å². The highest BCUT2D eigenvalue weighted by atomic mass is 79.9. The van der Waals surface area contributed by atoms with Crippen molar-refractivity contribution in [3.63, 3.8) is 0 Å². The Balaban J connectivity index is 1.64. The van der Waals surface area contributed by atoms with Gasteiger partial charge in [0.15, 0.2) is 5.84 Å². The summed E-state index contributed by atoms with van der Waals surface area (Å²) in [5.74, 6) is -0.302. The number of carbonyl (C=O) groups excluding carboxylic acids is 1. The van der Waals surface area contributed by atoms with Gasteiger partial charge in [0, 0.05) is 21.5 Å². The monoisotopic (exact) mass is 497 g/mol. The number of carbonyl (C=O) groups is 1. The third-order valence-electron chi connectivity index (χ3n) is 5.35. The number of halogens is 1. The topological polar surface area (TPSA) is 73.8 Å². The molecule has 0 unspecified atom stereocenters. The minimum absolute atomic E-state index is 0.0847. The first-order valence-electron chi connectivity index (χ1n) is 10.3. The molecule has 3 heterocycles. The molecule has 160 valence electrons. The lowest BCUT2D eigenvalue weighted by molar-refractivity contribution is -0.114. The highest BCUT2D eigenvalue weighted by molar-refractivity contribution is 9.10. The summed E-state index contributed by atoms with van der Waals surface area (Å²) in [6.45, 7) is 6.21. The van der Waals surface area contributed by atoms with Gasteiger partial charge in [-0.05, 0) is 80.4 Å². The van der Waals surface area contributed by atoms with Crippen LogP contribution in [0.25, 0.3) is 11.8 Å². The SMILES string of the molecule is CCCCCC1=NN2C(=N)/C(=C/c3cc(C)n(-c4ccc(Br)cc4)c3C)C(=O)N=C2S1. The molecular formula is C23H24BrN5OS. The van der Waals surface area contributed by atoms with E-state index in [-0.39, 0.29) is 17.3 Å². The molecule has 0 atom stereocenters. The Morgan fingerprint density at radius 2 is 1.94 bits per heavy atom. The normalized spacial score (nSPS) is 17.3. The van der Waals surface area contributed by atoms with Crippen LogP contribution in [0.2, 0.25) is 0 Å². The van der Waals surface area contributed by atoms with Crippen molar-refractivity contribution in [1.82, 2.24) is 9.58 Å². The lowest BCUT2D eigenvalue weighted by atomic mass is 10.1. The molecule has 2 aromatic rings. The number of unbranched alkanes of at least 4 members (excludes halogenated alkanes) is 2. The van der Waals surface area contributed by atoms with Crippen molar-refractivity contribution in [2.24, 2.45) is 10.1 Å². The molecule has 31 heavy (non-hydrogen) atoms. The van der Waals surface area contributed by atoms with Crippen LogP contribution in [0.3, 0.4) is 0 Å². The summed E-state index contributed by atoms with van der Waals surface area (Å²) in [6, 6.07) is 10.1. The molecule has 0 bridgehead atoms. The Labute approximate surface area is 194 Å². The summed E-state index contributed by atoms with van der Waals surface area (Å²) in [5, 5.41) is 16.0. The zero-order valence-electron chi connectivity index (χ0n) is 17.8. The van der Waals surface area contributed by atoms with E-state index >= 15 is 0 Å². The Morgan fingerprint density at radius 3 is 2.65 bits per heavy atom. The number of fused-ring (bicyclic) bond motifs is 1. The lowest BCUT2D eigenvalue weighted by Crippen LogP contribution is -2.35. The second kappa shape index (κ2) is 8.96. The zero-order valence-corrected chi connectivity index (χ0v) is 20.2. The van der Waals surface area contributed by atoms with Gasteiger partial charge < -0.3 is 4.57 Å². The molecule has 6 nitrogen and oxygen atoms in total. The molecule has 1 aromatic heterocycles. The van der Waals surface area contributed by atoms with Gasteiger partial charge in [-0.15, -0.1) is 0 Å². The number of hydrogen-bond acceptors (Lipinski definition) is 4. The van der Waals surface area contributed by atoms with Gasteiger partial charge in [-0.25, -0.2) is 0 Å². The Hall–Kier alpha value is -2.45. The van der Waals surface area contributed by atoms with Crippen molar-refractivity contribution < 1.29 is 4.79 Å². The molecule has 0 radical (unpaired) electrons. The smallest absolute Gasteiger partial charge is 0.283 e. The number of amidine groups is 2. The van der Waals surface area contributed by atoms with Crippen molar-refractivity contribution in [2.45, 2.75) is 46.5 Å². The van der Waals surface area contributed by atoms with Gasteiger partial charge in [0.2, 0.25) is 5.17 Å². The first-order chi connectivity index (χ1) is 14.9. The number of amides is 1. The fraction of sp³-hybridized carbons (Fsp3) is 0.304. The number of nitrogens with one attached hydrogen (secondary N) is 1. The zero-order chi connectivity index (χ0) is 22.1. The predicted molar refractivity (Wildman–Crippen MR) is 132 cm³/mol. The van der Waals surface area contributed by atoms with E-state index in [1.54, 1.807) is 6.08 Å². The van der Waals surface area contributed by atoms with Crippen molar-refractivity contribution >= 4 is 55.7 Å². The standard InChI is InChI=1S/C23H24BrN5OS/c1-4-5-6-7-20-27-29-21(25)19(22(30)26-23(29)31-20)13-16-12-14(2)28(15(16)3)18-10-8-17(24)9-11-18/h8-13,25H,4-7H2,1-3H3/b19-13-,25-21?. The molecule has 1 aromatic carbocycles. The van der Waals surface area contributed by atoms with Crippen LogP contribution in [-0.4, -0.2) is 31.5 Å². The third-order valence-corrected chi connectivity index (χ3v) is 6.84. The van der Waals surface area contributed by atoms with E-state index in [9.17, 15) is 4.79 Å². The fourth-order valence-corrected chi connectivity index (χ4v) is 4.93. The molecule has 0 spiro atoms. The van der Waals surface area contributed by atoms with Gasteiger partial charge in [0.25, 0.3) is 5.91 Å². The maximum absolute atomic E-state index is 12.7. The highest BCUT2D eigenvalue weighted by Gasteiger charge is 2.35. The molecule has 0 fully saturated rings. The summed E-state index contributed by atoms with van der Waals surface area (Å²) in [6.07, 6.45) is 5.94. The molecule has 8 heteroatoms. The molecule has 2 aliphatic rings. The van der Waals surface area contributed by atoms with Gasteiger partial charge in [0.05, 0.1) is 5.57 Å². The fourth-order valence-electron chi connectivity index (χ4n) is 3.74. The van der Waals surface area contributed by atoms with Crippen LogP contribution in [0.5, 0.6) is 0 Å². The van der Waals surface area contributed by atoms with Crippen LogP contribution >= 0.6 is 27.7 Å². The molecule has 0 saturated heterocycles. The van der Waals surface area contributed by atoms with Crippen molar-refractivity contribution in [3.8, 4) is 5.69 Å². The lowest BCUT2D eigenvalue weighted by Gasteiger charge is -2.20. The quantitative estimate of drug-likeness (QED) is 0.389. The van der Waals surface area contributed by atoms with Crippen molar-refractivity contribution in [3.05, 3.63) is 57.3 Å². The summed E-state index contributed by atoms with van der Waals surface area (Å²) in [4.78, 5) is 16.9. The Morgan fingerprint density at radius 1 is 1.19 bits per heavy atom. The van der Waals surface area contributed by atoms with E-state index < -0.39 is 0 Å². The van der Waals surface area contributed by atoms with Gasteiger partial charge in [-0.3, -0.25) is 10.2 Å². The molecular weight excluding hydrogens is 474 g/mol. The highest BCUT2D eigenvalue weighted by Crippen LogP contribution is 2.31. The minimum atomic E-state index is -0.387. The van der Waals surface area contributed by atoms with E-state index in [0.717, 1.165) is 57.8 Å². The third kappa shape index (κ3) is 4.32. The molecule has 0 saturated carbocycles. The molecule has 2 aliphatic heterocycles. The number of aromatic nitrogens is 1. The maximum Gasteiger partial charge on any atom is 0.283 e. The van der Waals surface area contributed by atoms with Crippen LogP contribution < -0.4 is 0 Å². The number of thioether (sulfide) groups is 1. The summed E-state index contributed by atoms with van der Waals surface area (Å²) in [7, 11) is 0. The van der Waals surface area contributed by atoms with Crippen LogP contribution in [0.1, 0.15) is 49.6 Å². The second-order valence-electron chi connectivity index (χ2n) is 7.61. The number of nitrogens with zero attached hydrogens (tertiary/aromatic N) is 4. The number of hydrogen-bond donors (Lipinski definition) is 1. The van der Waals surface area contributed by atoms with Gasteiger partial charge in [-0.1, -0.05) is 35.7 Å². The first kappa shape index (κ1) is 21.8. The summed E-state index contributed by atoms with van der Waals surface area (Å²) >= 11 is 4.87. The van der Waals surface area contributed by atoms with Gasteiger partial charge in [-0.2, -0.15) is 15.1 Å². The van der Waals surface area contributed by atoms with Crippen LogP contribution in [0, 0.1) is 19.3 Å². The molecule has 1 N–H and O–H groups in total. The molecule has 0 aliphatic carbocycles.